The van der Waals surface area contributed by atoms with E-state index in [0.717, 1.165) is 11.6 Å². The van der Waals surface area contributed by atoms with Crippen LogP contribution in [0.25, 0.3) is 0 Å². The van der Waals surface area contributed by atoms with E-state index in [9.17, 15) is 34.8 Å². The normalized spacial score (nSPS) is 31.9. The molecule has 0 bridgehead atoms. The number of allylic oxidation sites excluding steroid dienone is 9. The minimum absolute atomic E-state index is 0.0223. The first-order valence-electron chi connectivity index (χ1n) is 22.7. The van der Waals surface area contributed by atoms with E-state index >= 15 is 0 Å². The number of hydrogen-bond donors (Lipinski definition) is 6. The molecule has 0 aliphatic carbocycles. The number of benzene rings is 1. The quantitative estimate of drug-likeness (QED) is 0.0537. The van der Waals surface area contributed by atoms with Gasteiger partial charge in [-0.3, -0.25) is 9.59 Å². The number of amides is 1. The summed E-state index contributed by atoms with van der Waals surface area (Å²) in [5.74, 6) is -6.91. The predicted octanol–water partition coefficient (Wildman–Crippen LogP) is 4.43. The molecule has 16 heteroatoms. The lowest BCUT2D eigenvalue weighted by Crippen LogP contribution is -2.70. The molecular formula is C51H71NO15. The number of aliphatic hydroxyl groups excluding tert-OH is 3. The van der Waals surface area contributed by atoms with E-state index in [2.05, 4.69) is 5.32 Å². The third kappa shape index (κ3) is 15.2. The van der Waals surface area contributed by atoms with Crippen molar-refractivity contribution >= 4 is 17.8 Å². The Hall–Kier alpha value is -4.59. The van der Waals surface area contributed by atoms with Crippen LogP contribution >= 0.6 is 0 Å². The molecule has 16 nitrogen and oxygen atoms in total. The average molecular weight is 938 g/mol. The van der Waals surface area contributed by atoms with Crippen LogP contribution in [-0.4, -0.2) is 144 Å². The molecule has 0 radical (unpaired) electrons. The topological polar surface area (TPSA) is 229 Å². The van der Waals surface area contributed by atoms with Gasteiger partial charge in [0.25, 0.3) is 0 Å². The summed E-state index contributed by atoms with van der Waals surface area (Å²) >= 11 is 0. The van der Waals surface area contributed by atoms with Gasteiger partial charge in [-0.05, 0) is 31.9 Å². The van der Waals surface area contributed by atoms with Gasteiger partial charge in [-0.25, -0.2) is 4.79 Å². The van der Waals surface area contributed by atoms with Crippen LogP contribution < -0.4 is 5.32 Å². The predicted molar refractivity (Wildman–Crippen MR) is 249 cm³/mol. The number of aliphatic hydroxyl groups is 4. The van der Waals surface area contributed by atoms with E-state index in [-0.39, 0.29) is 31.4 Å². The molecule has 3 fully saturated rings. The lowest BCUT2D eigenvalue weighted by Gasteiger charge is -2.54. The number of aliphatic carboxylic acids is 1. The number of rotatable bonds is 22. The van der Waals surface area contributed by atoms with Crippen molar-refractivity contribution in [2.45, 2.75) is 134 Å². The second-order valence-corrected chi connectivity index (χ2v) is 17.7. The van der Waals surface area contributed by atoms with Crippen LogP contribution in [0.4, 0.5) is 0 Å². The largest absolute Gasteiger partial charge is 0.478 e. The Kier molecular flexibility index (Phi) is 21.5. The summed E-state index contributed by atoms with van der Waals surface area (Å²) in [6.07, 6.45) is 12.0. The molecule has 3 aliphatic rings. The monoisotopic (exact) mass is 937 g/mol. The summed E-state index contributed by atoms with van der Waals surface area (Å²) in [7, 11) is 3.04. The maximum Gasteiger partial charge on any atom is 0.328 e. The fraction of sp³-hybridized carbons (Fsp3) is 0.549. The van der Waals surface area contributed by atoms with Crippen molar-refractivity contribution < 1.29 is 73.1 Å². The van der Waals surface area contributed by atoms with Gasteiger partial charge in [0, 0.05) is 51.0 Å². The minimum Gasteiger partial charge on any atom is -0.478 e. The lowest BCUT2D eigenvalue weighted by molar-refractivity contribution is -0.366. The van der Waals surface area contributed by atoms with Crippen LogP contribution in [0.15, 0.2) is 115 Å². The molecule has 1 amide bonds. The molecule has 1 aromatic rings. The molecule has 6 N–H and O–H groups in total. The molecule has 370 valence electrons. The fourth-order valence-electron chi connectivity index (χ4n) is 8.51. The second-order valence-electron chi connectivity index (χ2n) is 17.7. The maximum atomic E-state index is 14.4. The summed E-state index contributed by atoms with van der Waals surface area (Å²) in [6, 6.07) is 8.95. The molecule has 0 spiro atoms. The van der Waals surface area contributed by atoms with Crippen molar-refractivity contribution in [1.29, 1.82) is 0 Å². The zero-order valence-electron chi connectivity index (χ0n) is 39.8. The average Bonchev–Trinajstić information content (AvgIpc) is 3.66. The summed E-state index contributed by atoms with van der Waals surface area (Å²) in [6.45, 7) is 10.3. The van der Waals surface area contributed by atoms with Gasteiger partial charge in [0.15, 0.2) is 6.29 Å². The van der Waals surface area contributed by atoms with E-state index in [0.29, 0.717) is 12.0 Å². The molecule has 3 saturated heterocycles. The van der Waals surface area contributed by atoms with Crippen LogP contribution in [-0.2, 0) is 54.0 Å². The number of carboxylic acid groups (broad SMARTS) is 1. The number of ether oxygens (including phenoxy) is 7. The van der Waals surface area contributed by atoms with E-state index < -0.39 is 103 Å². The second kappa shape index (κ2) is 26.2. The molecule has 14 atom stereocenters. The number of esters is 1. The molecule has 3 aliphatic heterocycles. The number of hydrogen-bond acceptors (Lipinski definition) is 14. The van der Waals surface area contributed by atoms with E-state index in [1.807, 2.05) is 32.9 Å². The van der Waals surface area contributed by atoms with Crippen molar-refractivity contribution in [2.24, 2.45) is 17.3 Å². The molecule has 0 aromatic heterocycles. The van der Waals surface area contributed by atoms with E-state index in [4.69, 9.17) is 38.3 Å². The Balaban J connectivity index is 1.54. The van der Waals surface area contributed by atoms with Crippen LogP contribution in [0.5, 0.6) is 0 Å². The highest BCUT2D eigenvalue weighted by atomic mass is 16.7. The molecule has 4 rings (SSSR count). The van der Waals surface area contributed by atoms with Crippen LogP contribution in [0.2, 0.25) is 0 Å². The maximum absolute atomic E-state index is 14.4. The molecule has 0 unspecified atom stereocenters. The van der Waals surface area contributed by atoms with E-state index in [1.165, 1.54) is 13.2 Å². The third-order valence-corrected chi connectivity index (χ3v) is 12.5. The van der Waals surface area contributed by atoms with Gasteiger partial charge >= 0.3 is 11.9 Å². The Morgan fingerprint density at radius 1 is 0.955 bits per heavy atom. The Bertz CT molecular complexity index is 1960. The highest BCUT2D eigenvalue weighted by molar-refractivity contribution is 5.80. The van der Waals surface area contributed by atoms with Crippen molar-refractivity contribution in [1.82, 2.24) is 5.32 Å². The standard InChI is InChI=1S/C51H71NO15/c1-9-10-14-25-41-50(5,6)48(66-43(56)28-35-22-15-13-16-23-35)47(58)51(60,67-41)36(31-63-44-30-40(61-7)45(57)34(4)64-44)49(59)52-27-20-19-21-32(2)46(62-8)33(3)39-29-37(53)38(65-39)24-17-11-12-18-26-42(54)55/h9-26,33-34,36-41,44-48,53,57-58,60H,27-31H2,1-8H3,(H,52,59)(H,54,55)/t33-,34+,36+,37+,38+,39-,40+,41-,44+,45-,46-,47-,48+,51+/m0/s1. The van der Waals surface area contributed by atoms with Gasteiger partial charge in [0.2, 0.25) is 11.7 Å². The molecule has 67 heavy (non-hydrogen) atoms. The molecule has 3 heterocycles. The SMILES string of the molecule is CC=CC=C[C@@H]1O[C@](O)([C@H](CO[C@H]2C[C@@H](OC)[C@@H](O)[C@@H](C)O2)C(=O)NCC=CC=C(C)[C@H](OC)[C@@H](C)[C@@H]2C[C@@H](O)[C@@H](C=CC=CC=CC(=O)O)O2)[C@@H](O)[C@@H](OC(=O)Cc2ccccc2)C1(C)C. The van der Waals surface area contributed by atoms with Gasteiger partial charge in [-0.2, -0.15) is 0 Å². The number of nitrogens with one attached hydrogen (secondary N) is 1. The zero-order valence-corrected chi connectivity index (χ0v) is 39.8. The number of carbonyl (C=O) groups is 3. The van der Waals surface area contributed by atoms with Gasteiger partial charge in [0.1, 0.15) is 30.3 Å². The zero-order chi connectivity index (χ0) is 49.3. The first-order chi connectivity index (χ1) is 31.9. The molecule has 1 aromatic carbocycles. The number of methoxy groups -OCH3 is 2. The van der Waals surface area contributed by atoms with E-state index in [1.54, 1.807) is 113 Å². The van der Waals surface area contributed by atoms with Gasteiger partial charge in [0.05, 0.1) is 49.7 Å². The Morgan fingerprint density at radius 3 is 2.33 bits per heavy atom. The van der Waals surface area contributed by atoms with Crippen molar-refractivity contribution in [3.8, 4) is 0 Å². The van der Waals surface area contributed by atoms with Crippen molar-refractivity contribution in [3.63, 3.8) is 0 Å². The number of carboxylic acids is 1. The van der Waals surface area contributed by atoms with Gasteiger partial charge in [-0.15, -0.1) is 0 Å². The number of carbonyl (C=O) groups excluding carboxylic acids is 2. The summed E-state index contributed by atoms with van der Waals surface area (Å²) in [5.41, 5.74) is 0.413. The minimum atomic E-state index is -2.68. The molecule has 0 saturated carbocycles. The molecular weight excluding hydrogens is 867 g/mol. The highest BCUT2D eigenvalue weighted by Crippen LogP contribution is 2.46. The first-order valence-corrected chi connectivity index (χ1v) is 22.7. The third-order valence-electron chi connectivity index (χ3n) is 12.5. The fourth-order valence-corrected chi connectivity index (χ4v) is 8.51. The summed E-state index contributed by atoms with van der Waals surface area (Å²) in [5, 5.41) is 57.5. The summed E-state index contributed by atoms with van der Waals surface area (Å²) < 4.78 is 41.9. The Labute approximate surface area is 394 Å². The van der Waals surface area contributed by atoms with Crippen LogP contribution in [0.3, 0.4) is 0 Å². The van der Waals surface area contributed by atoms with Crippen LogP contribution in [0, 0.1) is 17.3 Å². The van der Waals surface area contributed by atoms with Gasteiger partial charge in [-0.1, -0.05) is 124 Å². The first kappa shape index (κ1) is 55.0. The van der Waals surface area contributed by atoms with Crippen molar-refractivity contribution in [2.75, 3.05) is 27.4 Å². The van der Waals surface area contributed by atoms with Crippen molar-refractivity contribution in [3.05, 3.63) is 120 Å². The lowest BCUT2D eigenvalue weighted by atomic mass is 9.71. The summed E-state index contributed by atoms with van der Waals surface area (Å²) in [4.78, 5) is 38.5. The smallest absolute Gasteiger partial charge is 0.328 e. The van der Waals surface area contributed by atoms with Gasteiger partial charge < -0.3 is 64.0 Å². The highest BCUT2D eigenvalue weighted by Gasteiger charge is 2.63. The Morgan fingerprint density at radius 2 is 1.66 bits per heavy atom. The van der Waals surface area contributed by atoms with Crippen LogP contribution in [0.1, 0.15) is 59.9 Å².